The fraction of sp³-hybridized carbons (Fsp3) is 0.464. The Labute approximate surface area is 212 Å². The van der Waals surface area contributed by atoms with Gasteiger partial charge < -0.3 is 24.8 Å². The van der Waals surface area contributed by atoms with Gasteiger partial charge in [0.2, 0.25) is 0 Å². The summed E-state index contributed by atoms with van der Waals surface area (Å²) in [4.78, 5) is 38.6. The van der Waals surface area contributed by atoms with E-state index >= 15 is 0 Å². The summed E-state index contributed by atoms with van der Waals surface area (Å²) in [6.45, 7) is 6.25. The Bertz CT molecular complexity index is 1060. The zero-order valence-corrected chi connectivity index (χ0v) is 21.5. The fourth-order valence-electron chi connectivity index (χ4n) is 4.68. The molecule has 194 valence electrons. The molecule has 0 bridgehead atoms. The summed E-state index contributed by atoms with van der Waals surface area (Å²) in [5.41, 5.74) is 1.39. The zero-order chi connectivity index (χ0) is 26.3. The quantitative estimate of drug-likeness (QED) is 0.525. The summed E-state index contributed by atoms with van der Waals surface area (Å²) in [7, 11) is 1.38. The molecule has 1 saturated heterocycles. The molecular formula is C28H36N2O6. The Balaban J connectivity index is 1.79. The van der Waals surface area contributed by atoms with Crippen LogP contribution in [0.15, 0.2) is 54.6 Å². The number of carboxylic acid groups (broad SMARTS) is 1. The van der Waals surface area contributed by atoms with Gasteiger partial charge in [0.05, 0.1) is 18.6 Å². The molecule has 1 heterocycles. The molecule has 0 spiro atoms. The van der Waals surface area contributed by atoms with Gasteiger partial charge in [-0.25, -0.2) is 9.59 Å². The van der Waals surface area contributed by atoms with E-state index in [2.05, 4.69) is 5.32 Å². The summed E-state index contributed by atoms with van der Waals surface area (Å²) < 4.78 is 10.7. The lowest BCUT2D eigenvalue weighted by molar-refractivity contribution is -0.155. The molecule has 2 amide bonds. The summed E-state index contributed by atoms with van der Waals surface area (Å²) in [5, 5.41) is 12.0. The molecule has 0 saturated carbocycles. The van der Waals surface area contributed by atoms with E-state index in [9.17, 15) is 19.5 Å². The molecule has 3 rings (SSSR count). The maximum absolute atomic E-state index is 13.0. The SMILES string of the molecule is COC(=O)C1(Cc2cccc(C(Cc3ccccc3)NC(=O)O)c2)CCN(C(=O)OC(C)(C)C)CC1. The highest BCUT2D eigenvalue weighted by atomic mass is 16.6. The van der Waals surface area contributed by atoms with Crippen LogP contribution >= 0.6 is 0 Å². The summed E-state index contributed by atoms with van der Waals surface area (Å²) in [6, 6.07) is 16.9. The van der Waals surface area contributed by atoms with Crippen LogP contribution in [0, 0.1) is 5.41 Å². The number of nitrogens with one attached hydrogen (secondary N) is 1. The van der Waals surface area contributed by atoms with Gasteiger partial charge in [0, 0.05) is 13.1 Å². The highest BCUT2D eigenvalue weighted by Gasteiger charge is 2.44. The van der Waals surface area contributed by atoms with Crippen molar-refractivity contribution in [3.05, 3.63) is 71.3 Å². The van der Waals surface area contributed by atoms with Crippen molar-refractivity contribution in [2.45, 2.75) is 58.1 Å². The third-order valence-electron chi connectivity index (χ3n) is 6.47. The van der Waals surface area contributed by atoms with Crippen molar-refractivity contribution in [1.29, 1.82) is 0 Å². The Hall–Kier alpha value is -3.55. The molecule has 1 aliphatic heterocycles. The van der Waals surface area contributed by atoms with Gasteiger partial charge in [0.15, 0.2) is 0 Å². The third kappa shape index (κ3) is 7.23. The van der Waals surface area contributed by atoms with Crippen molar-refractivity contribution in [2.75, 3.05) is 20.2 Å². The number of methoxy groups -OCH3 is 1. The van der Waals surface area contributed by atoms with Gasteiger partial charge in [-0.15, -0.1) is 0 Å². The second-order valence-corrected chi connectivity index (χ2v) is 10.4. The molecule has 1 aliphatic rings. The number of carbonyl (C=O) groups excluding carboxylic acids is 2. The molecule has 2 aromatic carbocycles. The normalized spacial score (nSPS) is 16.1. The first kappa shape index (κ1) is 27.0. The lowest BCUT2D eigenvalue weighted by atomic mass is 9.73. The van der Waals surface area contributed by atoms with Crippen LogP contribution in [0.1, 0.15) is 56.3 Å². The van der Waals surface area contributed by atoms with Crippen LogP contribution in [0.4, 0.5) is 9.59 Å². The van der Waals surface area contributed by atoms with Crippen molar-refractivity contribution in [1.82, 2.24) is 10.2 Å². The molecule has 8 heteroatoms. The number of hydrogen-bond acceptors (Lipinski definition) is 5. The number of esters is 1. The molecule has 1 unspecified atom stereocenters. The average Bonchev–Trinajstić information content (AvgIpc) is 2.83. The zero-order valence-electron chi connectivity index (χ0n) is 21.5. The molecular weight excluding hydrogens is 460 g/mol. The Kier molecular flexibility index (Phi) is 8.61. The molecule has 8 nitrogen and oxygen atoms in total. The van der Waals surface area contributed by atoms with E-state index < -0.39 is 23.2 Å². The third-order valence-corrected chi connectivity index (χ3v) is 6.47. The maximum Gasteiger partial charge on any atom is 0.410 e. The van der Waals surface area contributed by atoms with Gasteiger partial charge in [-0.05, 0) is 63.1 Å². The number of rotatable bonds is 7. The highest BCUT2D eigenvalue weighted by Crippen LogP contribution is 2.37. The smallest absolute Gasteiger partial charge is 0.410 e. The molecule has 0 aliphatic carbocycles. The van der Waals surface area contributed by atoms with Gasteiger partial charge in [-0.3, -0.25) is 4.79 Å². The molecule has 0 aromatic heterocycles. The molecule has 0 radical (unpaired) electrons. The first-order valence-corrected chi connectivity index (χ1v) is 12.2. The predicted octanol–water partition coefficient (Wildman–Crippen LogP) is 4.97. The molecule has 1 atom stereocenters. The minimum absolute atomic E-state index is 0.304. The van der Waals surface area contributed by atoms with E-state index in [1.807, 2.05) is 75.4 Å². The number of carbonyl (C=O) groups is 3. The Morgan fingerprint density at radius 3 is 2.25 bits per heavy atom. The van der Waals surface area contributed by atoms with Crippen molar-refractivity contribution in [2.24, 2.45) is 5.41 Å². The molecule has 36 heavy (non-hydrogen) atoms. The van der Waals surface area contributed by atoms with E-state index in [1.54, 1.807) is 4.90 Å². The minimum atomic E-state index is -1.10. The van der Waals surface area contributed by atoms with Crippen molar-refractivity contribution < 1.29 is 29.0 Å². The van der Waals surface area contributed by atoms with E-state index in [-0.39, 0.29) is 12.1 Å². The van der Waals surface area contributed by atoms with Crippen LogP contribution in [0.5, 0.6) is 0 Å². The number of hydrogen-bond donors (Lipinski definition) is 2. The van der Waals surface area contributed by atoms with Crippen LogP contribution in [-0.2, 0) is 27.1 Å². The Morgan fingerprint density at radius 1 is 1.03 bits per heavy atom. The topological polar surface area (TPSA) is 105 Å². The number of ether oxygens (including phenoxy) is 2. The number of amides is 2. The lowest BCUT2D eigenvalue weighted by Crippen LogP contribution is -2.49. The Morgan fingerprint density at radius 2 is 1.67 bits per heavy atom. The predicted molar refractivity (Wildman–Crippen MR) is 136 cm³/mol. The lowest BCUT2D eigenvalue weighted by Gasteiger charge is -2.40. The molecule has 2 N–H and O–H groups in total. The van der Waals surface area contributed by atoms with Gasteiger partial charge in [0.25, 0.3) is 0 Å². The minimum Gasteiger partial charge on any atom is -0.469 e. The van der Waals surface area contributed by atoms with E-state index in [1.165, 1.54) is 7.11 Å². The first-order valence-electron chi connectivity index (χ1n) is 12.2. The first-order chi connectivity index (χ1) is 17.0. The van der Waals surface area contributed by atoms with Crippen LogP contribution in [0.3, 0.4) is 0 Å². The van der Waals surface area contributed by atoms with Crippen LogP contribution in [0.2, 0.25) is 0 Å². The van der Waals surface area contributed by atoms with Gasteiger partial charge in [-0.1, -0.05) is 54.6 Å². The van der Waals surface area contributed by atoms with Gasteiger partial charge in [-0.2, -0.15) is 0 Å². The monoisotopic (exact) mass is 496 g/mol. The molecule has 2 aromatic rings. The van der Waals surface area contributed by atoms with Crippen molar-refractivity contribution in [3.8, 4) is 0 Å². The van der Waals surface area contributed by atoms with Gasteiger partial charge >= 0.3 is 18.2 Å². The largest absolute Gasteiger partial charge is 0.469 e. The van der Waals surface area contributed by atoms with Crippen LogP contribution in [0.25, 0.3) is 0 Å². The van der Waals surface area contributed by atoms with E-state index in [0.717, 1.165) is 16.7 Å². The summed E-state index contributed by atoms with van der Waals surface area (Å²) in [5.74, 6) is -0.304. The molecule has 1 fully saturated rings. The van der Waals surface area contributed by atoms with Gasteiger partial charge in [0.1, 0.15) is 5.60 Å². The maximum atomic E-state index is 13.0. The second kappa shape index (κ2) is 11.5. The van der Waals surface area contributed by atoms with Crippen molar-refractivity contribution in [3.63, 3.8) is 0 Å². The summed E-state index contributed by atoms with van der Waals surface area (Å²) >= 11 is 0. The highest BCUT2D eigenvalue weighted by molar-refractivity contribution is 5.78. The number of benzene rings is 2. The van der Waals surface area contributed by atoms with Crippen LogP contribution < -0.4 is 5.32 Å². The van der Waals surface area contributed by atoms with Crippen LogP contribution in [-0.4, -0.2) is 54.0 Å². The number of nitrogens with zero attached hydrogens (tertiary/aromatic N) is 1. The fourth-order valence-corrected chi connectivity index (χ4v) is 4.68. The standard InChI is InChI=1S/C28H36N2O6/c1-27(2,3)36-26(34)30-15-13-28(14-16-30,24(31)35-4)19-21-11-8-12-22(17-21)23(29-25(32)33)18-20-9-6-5-7-10-20/h5-12,17,23,29H,13-16,18-19H2,1-4H3,(H,32,33). The van der Waals surface area contributed by atoms with Crippen molar-refractivity contribution >= 4 is 18.2 Å². The number of likely N-dealkylation sites (tertiary alicyclic amines) is 1. The van der Waals surface area contributed by atoms with E-state index in [4.69, 9.17) is 9.47 Å². The number of piperidine rings is 1. The summed E-state index contributed by atoms with van der Waals surface area (Å²) in [6.07, 6.45) is 0.353. The average molecular weight is 497 g/mol. The van der Waals surface area contributed by atoms with E-state index in [0.29, 0.717) is 38.8 Å². The second-order valence-electron chi connectivity index (χ2n) is 10.4.